The number of aromatic nitrogens is 6. The highest BCUT2D eigenvalue weighted by molar-refractivity contribution is 5.92. The molecule has 1 N–H and O–H groups in total. The van der Waals surface area contributed by atoms with Crippen molar-refractivity contribution in [2.24, 2.45) is 7.05 Å². The molecule has 40 heavy (non-hydrogen) atoms. The number of rotatable bonds is 8. The third-order valence-corrected chi connectivity index (χ3v) is 6.40. The van der Waals surface area contributed by atoms with Crippen LogP contribution < -0.4 is 10.1 Å². The van der Waals surface area contributed by atoms with Crippen molar-refractivity contribution in [2.75, 3.05) is 11.9 Å². The first-order valence-corrected chi connectivity index (χ1v) is 12.8. The van der Waals surface area contributed by atoms with Crippen molar-refractivity contribution in [3.05, 3.63) is 77.9 Å². The van der Waals surface area contributed by atoms with Crippen LogP contribution in [0.25, 0.3) is 33.8 Å². The van der Waals surface area contributed by atoms with E-state index in [1.54, 1.807) is 19.2 Å². The lowest BCUT2D eigenvalue weighted by molar-refractivity contribution is -0.140. The maximum Gasteiger partial charge on any atom is 0.434 e. The van der Waals surface area contributed by atoms with Gasteiger partial charge in [0.15, 0.2) is 17.2 Å². The van der Waals surface area contributed by atoms with E-state index < -0.39 is 11.9 Å². The smallest absolute Gasteiger partial charge is 0.434 e. The van der Waals surface area contributed by atoms with Crippen LogP contribution in [0.1, 0.15) is 43.5 Å². The first-order valence-electron chi connectivity index (χ1n) is 12.8. The van der Waals surface area contributed by atoms with Crippen molar-refractivity contribution in [2.45, 2.75) is 39.4 Å². The molecule has 0 aliphatic carbocycles. The van der Waals surface area contributed by atoms with Gasteiger partial charge in [-0.3, -0.25) is 0 Å². The normalized spacial score (nSPS) is 11.8. The predicted molar refractivity (Wildman–Crippen MR) is 147 cm³/mol. The quantitative estimate of drug-likeness (QED) is 0.233. The third kappa shape index (κ3) is 5.45. The minimum Gasteiger partial charge on any atom is -0.477 e. The molecule has 206 valence electrons. The average molecular weight is 548 g/mol. The van der Waals surface area contributed by atoms with Crippen molar-refractivity contribution >= 4 is 16.9 Å². The summed E-state index contributed by atoms with van der Waals surface area (Å²) in [6, 6.07) is 15.2. The largest absolute Gasteiger partial charge is 0.477 e. The van der Waals surface area contributed by atoms with Crippen LogP contribution in [-0.4, -0.2) is 36.1 Å². The van der Waals surface area contributed by atoms with Gasteiger partial charge >= 0.3 is 6.18 Å². The zero-order chi connectivity index (χ0) is 28.4. The fourth-order valence-corrected chi connectivity index (χ4v) is 4.47. The van der Waals surface area contributed by atoms with Crippen LogP contribution in [0.15, 0.2) is 61.1 Å². The number of imidazole rings is 1. The van der Waals surface area contributed by atoms with Gasteiger partial charge < -0.3 is 14.6 Å². The van der Waals surface area contributed by atoms with Crippen molar-refractivity contribution in [3.63, 3.8) is 0 Å². The highest BCUT2D eigenvalue weighted by atomic mass is 19.4. The molecule has 0 saturated carbocycles. The molecule has 0 unspecified atom stereocenters. The highest BCUT2D eigenvalue weighted by Gasteiger charge is 2.34. The Balaban J connectivity index is 1.49. The van der Waals surface area contributed by atoms with Crippen molar-refractivity contribution in [1.82, 2.24) is 29.5 Å². The Bertz CT molecular complexity index is 1650. The topological polar surface area (TPSA) is 90.6 Å². The molecule has 11 heteroatoms. The predicted octanol–water partition coefficient (Wildman–Crippen LogP) is 6.64. The van der Waals surface area contributed by atoms with Gasteiger partial charge in [-0.05, 0) is 24.0 Å². The monoisotopic (exact) mass is 547 g/mol. The second-order valence-electron chi connectivity index (χ2n) is 9.56. The zero-order valence-electron chi connectivity index (χ0n) is 22.5. The fraction of sp³-hybridized carbons (Fsp3) is 0.276. The maximum absolute atomic E-state index is 13.1. The van der Waals surface area contributed by atoms with Crippen LogP contribution in [-0.2, 0) is 19.8 Å². The maximum atomic E-state index is 13.1. The molecule has 5 rings (SSSR count). The fourth-order valence-electron chi connectivity index (χ4n) is 4.47. The van der Waals surface area contributed by atoms with E-state index in [9.17, 15) is 13.2 Å². The minimum absolute atomic E-state index is 0.237. The summed E-state index contributed by atoms with van der Waals surface area (Å²) in [5.74, 6) is 1.93. The Kier molecular flexibility index (Phi) is 7.38. The molecule has 0 spiro atoms. The van der Waals surface area contributed by atoms with E-state index in [1.165, 1.54) is 10.9 Å². The van der Waals surface area contributed by atoms with E-state index in [1.807, 2.05) is 37.3 Å². The van der Waals surface area contributed by atoms with E-state index in [0.29, 0.717) is 47.3 Å². The Hall–Kier alpha value is -4.54. The molecule has 0 bridgehead atoms. The first-order chi connectivity index (χ1) is 19.2. The van der Waals surface area contributed by atoms with Gasteiger partial charge in [0.25, 0.3) is 0 Å². The Morgan fingerprint density at radius 3 is 2.40 bits per heavy atom. The van der Waals surface area contributed by atoms with Crippen molar-refractivity contribution in [1.29, 1.82) is 0 Å². The molecular formula is C29H28F3N7O. The molecule has 8 nitrogen and oxygen atoms in total. The molecule has 3 heterocycles. The molecule has 0 aliphatic rings. The second-order valence-corrected chi connectivity index (χ2v) is 9.56. The van der Waals surface area contributed by atoms with Gasteiger partial charge in [0.05, 0.1) is 6.61 Å². The zero-order valence-corrected chi connectivity index (χ0v) is 22.5. The van der Waals surface area contributed by atoms with E-state index in [4.69, 9.17) is 14.7 Å². The van der Waals surface area contributed by atoms with Gasteiger partial charge in [0, 0.05) is 30.9 Å². The van der Waals surface area contributed by atoms with Gasteiger partial charge in [-0.25, -0.2) is 24.9 Å². The number of hydrogen-bond donors (Lipinski definition) is 1. The molecule has 0 aliphatic heterocycles. The number of alkyl halides is 3. The van der Waals surface area contributed by atoms with E-state index >= 15 is 0 Å². The van der Waals surface area contributed by atoms with Gasteiger partial charge in [-0.1, -0.05) is 62.4 Å². The minimum atomic E-state index is -4.50. The molecule has 0 fully saturated rings. The SMILES string of the molecule is CCOc1ncnc2nc(-c3ccccc3C(C)C)nc(NCc3ccc(-c4nc(C(F)(F)F)cn4C)cc3)c12. The summed E-state index contributed by atoms with van der Waals surface area (Å²) in [5, 5.41) is 3.94. The van der Waals surface area contributed by atoms with Crippen LogP contribution in [0, 0.1) is 0 Å². The summed E-state index contributed by atoms with van der Waals surface area (Å²) >= 11 is 0. The lowest BCUT2D eigenvalue weighted by Gasteiger charge is -2.15. The van der Waals surface area contributed by atoms with Crippen LogP contribution in [0.2, 0.25) is 0 Å². The third-order valence-electron chi connectivity index (χ3n) is 6.40. The Morgan fingerprint density at radius 1 is 0.975 bits per heavy atom. The van der Waals surface area contributed by atoms with E-state index in [0.717, 1.165) is 22.9 Å². The number of benzene rings is 2. The lowest BCUT2D eigenvalue weighted by atomic mass is 9.97. The summed E-state index contributed by atoms with van der Waals surface area (Å²) in [6.45, 7) is 6.90. The van der Waals surface area contributed by atoms with E-state index in [-0.39, 0.29) is 11.7 Å². The standard InChI is InChI=1S/C29H28F3N7O/c1-5-40-28-23-25(37-24(38-26(23)34-16-35-28)21-9-7-6-8-20(21)17(2)3)33-14-18-10-12-19(13-11-18)27-36-22(15-39(27)4)29(30,31)32/h6-13,15-17H,5,14H2,1-4H3,(H,33,34,35,37,38). The summed E-state index contributed by atoms with van der Waals surface area (Å²) in [7, 11) is 1.54. The Labute approximate surface area is 229 Å². The molecule has 5 aromatic rings. The van der Waals surface area contributed by atoms with Crippen molar-refractivity contribution < 1.29 is 17.9 Å². The van der Waals surface area contributed by atoms with Crippen LogP contribution in [0.3, 0.4) is 0 Å². The summed E-state index contributed by atoms with van der Waals surface area (Å²) in [5.41, 5.74) is 3.03. The number of nitrogens with one attached hydrogen (secondary N) is 1. The molecule has 0 radical (unpaired) electrons. The molecule has 0 amide bonds. The molecule has 3 aromatic heterocycles. The molecule has 0 atom stereocenters. The molecular weight excluding hydrogens is 519 g/mol. The lowest BCUT2D eigenvalue weighted by Crippen LogP contribution is -2.08. The summed E-state index contributed by atoms with van der Waals surface area (Å²) in [4.78, 5) is 22.1. The summed E-state index contributed by atoms with van der Waals surface area (Å²) < 4.78 is 46.4. The first kappa shape index (κ1) is 27.0. The number of nitrogens with zero attached hydrogens (tertiary/aromatic N) is 6. The number of anilines is 1. The van der Waals surface area contributed by atoms with Crippen molar-refractivity contribution in [3.8, 4) is 28.7 Å². The van der Waals surface area contributed by atoms with Gasteiger partial charge in [-0.2, -0.15) is 13.2 Å². The number of aryl methyl sites for hydroxylation is 1. The highest BCUT2D eigenvalue weighted by Crippen LogP contribution is 2.33. The number of fused-ring (bicyclic) bond motifs is 1. The van der Waals surface area contributed by atoms with E-state index in [2.05, 4.69) is 40.2 Å². The number of ether oxygens (including phenoxy) is 1. The molecule has 0 saturated heterocycles. The van der Waals surface area contributed by atoms with Gasteiger partial charge in [-0.15, -0.1) is 0 Å². The van der Waals surface area contributed by atoms with Crippen LogP contribution >= 0.6 is 0 Å². The molecule has 2 aromatic carbocycles. The van der Waals surface area contributed by atoms with Gasteiger partial charge in [0.1, 0.15) is 23.4 Å². The summed E-state index contributed by atoms with van der Waals surface area (Å²) in [6.07, 6.45) is -2.10. The van der Waals surface area contributed by atoms with Crippen LogP contribution in [0.4, 0.5) is 19.0 Å². The Morgan fingerprint density at radius 2 is 1.73 bits per heavy atom. The van der Waals surface area contributed by atoms with Crippen LogP contribution in [0.5, 0.6) is 5.88 Å². The van der Waals surface area contributed by atoms with Gasteiger partial charge in [0.2, 0.25) is 5.88 Å². The number of hydrogen-bond acceptors (Lipinski definition) is 7. The average Bonchev–Trinajstić information content (AvgIpc) is 3.34. The number of halogens is 3. The second kappa shape index (κ2) is 10.9.